The molecule has 0 bridgehead atoms. The number of unbranched alkanes of at least 4 members (excludes halogenated alkanes) is 5. The van der Waals surface area contributed by atoms with Crippen molar-refractivity contribution in [2.75, 3.05) is 12.9 Å². The van der Waals surface area contributed by atoms with Gasteiger partial charge in [-0.25, -0.2) is 13.4 Å². The minimum atomic E-state index is -4.01. The molecule has 0 saturated heterocycles. The highest BCUT2D eigenvalue weighted by atomic mass is 32.2. The van der Waals surface area contributed by atoms with Crippen LogP contribution in [0.1, 0.15) is 64.9 Å². The van der Waals surface area contributed by atoms with Crippen molar-refractivity contribution in [1.82, 2.24) is 9.29 Å². The van der Waals surface area contributed by atoms with Gasteiger partial charge in [0.25, 0.3) is 0 Å². The van der Waals surface area contributed by atoms with Crippen LogP contribution in [0.4, 0.5) is 0 Å². The molecule has 0 amide bonds. The Hall–Kier alpha value is -1.94. The third kappa shape index (κ3) is 8.02. The Morgan fingerprint density at radius 3 is 2.43 bits per heavy atom. The molecule has 202 valence electrons. The highest BCUT2D eigenvalue weighted by Gasteiger charge is 2.39. The summed E-state index contributed by atoms with van der Waals surface area (Å²) in [5.74, 6) is 0.168. The van der Waals surface area contributed by atoms with Gasteiger partial charge in [0.1, 0.15) is 6.04 Å². The summed E-state index contributed by atoms with van der Waals surface area (Å²) in [7, 11) is -2.72. The van der Waals surface area contributed by atoms with Crippen LogP contribution in [0.5, 0.6) is 0 Å². The second kappa shape index (κ2) is 14.3. The molecule has 37 heavy (non-hydrogen) atoms. The zero-order chi connectivity index (χ0) is 26.8. The first-order chi connectivity index (χ1) is 17.8. The summed E-state index contributed by atoms with van der Waals surface area (Å²) in [5, 5.41) is 0. The molecule has 3 rings (SSSR count). The number of methoxy groups -OCH3 is 1. The zero-order valence-electron chi connectivity index (χ0n) is 22.2. The molecule has 1 heterocycles. The van der Waals surface area contributed by atoms with Crippen LogP contribution in [-0.2, 0) is 26.1 Å². The fraction of sp³-hybridized carbons (Fsp3) is 0.500. The van der Waals surface area contributed by atoms with E-state index in [2.05, 4.69) is 6.92 Å². The zero-order valence-corrected chi connectivity index (χ0v) is 24.6. The average Bonchev–Trinajstić information content (AvgIpc) is 3.30. The summed E-state index contributed by atoms with van der Waals surface area (Å²) in [6, 6.07) is 13.4. The standard InChI is InChI=1S/C28H38N2O4S3/c1-5-6-7-8-9-13-18-35-28-29-24-17-16-23(19-25(24)36-28)37(32,33)30(20-22-14-11-10-12-15-22)26(21(2)3)27(31)34-4/h10-12,14-17,19,21,26H,5-9,13,18,20H2,1-4H3/t26-/m1/s1. The summed E-state index contributed by atoms with van der Waals surface area (Å²) < 4.78 is 36.0. The molecule has 0 saturated carbocycles. The summed E-state index contributed by atoms with van der Waals surface area (Å²) in [5.41, 5.74) is 1.59. The molecular weight excluding hydrogens is 525 g/mol. The number of thioether (sulfide) groups is 1. The predicted molar refractivity (Wildman–Crippen MR) is 154 cm³/mol. The lowest BCUT2D eigenvalue weighted by atomic mass is 10.0. The molecule has 1 atom stereocenters. The number of esters is 1. The van der Waals surface area contributed by atoms with Crippen molar-refractivity contribution >= 4 is 49.3 Å². The molecule has 0 radical (unpaired) electrons. The summed E-state index contributed by atoms with van der Waals surface area (Å²) in [6.07, 6.45) is 7.52. The number of thiazole rings is 1. The number of fused-ring (bicyclic) bond motifs is 1. The molecule has 6 nitrogen and oxygen atoms in total. The van der Waals surface area contributed by atoms with Crippen LogP contribution < -0.4 is 0 Å². The van der Waals surface area contributed by atoms with E-state index in [9.17, 15) is 13.2 Å². The molecule has 0 fully saturated rings. The van der Waals surface area contributed by atoms with Crippen molar-refractivity contribution in [3.05, 3.63) is 54.1 Å². The van der Waals surface area contributed by atoms with Crippen LogP contribution in [0.2, 0.25) is 0 Å². The van der Waals surface area contributed by atoms with Crippen molar-refractivity contribution in [2.45, 2.75) is 81.1 Å². The first-order valence-corrected chi connectivity index (χ1v) is 16.2. The van der Waals surface area contributed by atoms with Crippen LogP contribution in [-0.4, -0.2) is 42.6 Å². The number of rotatable bonds is 15. The minimum Gasteiger partial charge on any atom is -0.468 e. The third-order valence-electron chi connectivity index (χ3n) is 6.24. The number of sulfonamides is 1. The van der Waals surface area contributed by atoms with Crippen molar-refractivity contribution in [3.8, 4) is 0 Å². The van der Waals surface area contributed by atoms with Gasteiger partial charge in [-0.3, -0.25) is 4.79 Å². The fourth-order valence-electron chi connectivity index (χ4n) is 4.22. The predicted octanol–water partition coefficient (Wildman–Crippen LogP) is 7.14. The number of aromatic nitrogens is 1. The molecular formula is C28H38N2O4S3. The fourth-order valence-corrected chi connectivity index (χ4v) is 8.20. The van der Waals surface area contributed by atoms with Gasteiger partial charge in [-0.05, 0) is 36.1 Å². The lowest BCUT2D eigenvalue weighted by molar-refractivity contribution is -0.146. The van der Waals surface area contributed by atoms with Gasteiger partial charge in [-0.2, -0.15) is 4.31 Å². The number of hydrogen-bond donors (Lipinski definition) is 0. The van der Waals surface area contributed by atoms with Crippen LogP contribution in [0, 0.1) is 5.92 Å². The Labute approximate surface area is 229 Å². The maximum atomic E-state index is 14.0. The number of ether oxygens (including phenoxy) is 1. The van der Waals surface area contributed by atoms with E-state index in [0.29, 0.717) is 0 Å². The van der Waals surface area contributed by atoms with E-state index in [-0.39, 0.29) is 17.4 Å². The Kier molecular flexibility index (Phi) is 11.4. The van der Waals surface area contributed by atoms with Gasteiger partial charge in [-0.15, -0.1) is 11.3 Å². The summed E-state index contributed by atoms with van der Waals surface area (Å²) in [4.78, 5) is 17.6. The molecule has 1 aromatic heterocycles. The molecule has 2 aromatic carbocycles. The van der Waals surface area contributed by atoms with Gasteiger partial charge in [0.05, 0.1) is 22.2 Å². The molecule has 0 aliphatic heterocycles. The second-order valence-electron chi connectivity index (χ2n) is 9.47. The monoisotopic (exact) mass is 562 g/mol. The molecule has 0 unspecified atom stereocenters. The third-order valence-corrected chi connectivity index (χ3v) is 10.3. The largest absolute Gasteiger partial charge is 0.468 e. The number of carbonyl (C=O) groups is 1. The van der Waals surface area contributed by atoms with Crippen LogP contribution in [0.25, 0.3) is 10.2 Å². The van der Waals surface area contributed by atoms with Crippen molar-refractivity contribution < 1.29 is 17.9 Å². The molecule has 0 aliphatic carbocycles. The normalized spacial score (nSPS) is 12.9. The molecule has 0 aliphatic rings. The lowest BCUT2D eigenvalue weighted by Crippen LogP contribution is -2.48. The van der Waals surface area contributed by atoms with Gasteiger partial charge >= 0.3 is 5.97 Å². The van der Waals surface area contributed by atoms with E-state index in [1.165, 1.54) is 54.9 Å². The minimum absolute atomic E-state index is 0.0706. The van der Waals surface area contributed by atoms with E-state index in [4.69, 9.17) is 9.72 Å². The number of hydrogen-bond acceptors (Lipinski definition) is 7. The first-order valence-electron chi connectivity index (χ1n) is 12.9. The maximum absolute atomic E-state index is 14.0. The smallest absolute Gasteiger partial charge is 0.324 e. The van der Waals surface area contributed by atoms with Gasteiger partial charge in [0, 0.05) is 12.3 Å². The van der Waals surface area contributed by atoms with E-state index in [1.807, 2.05) is 44.2 Å². The van der Waals surface area contributed by atoms with Crippen LogP contribution >= 0.6 is 23.1 Å². The number of nitrogens with zero attached hydrogens (tertiary/aromatic N) is 2. The van der Waals surface area contributed by atoms with Gasteiger partial charge < -0.3 is 4.74 Å². The van der Waals surface area contributed by atoms with E-state index >= 15 is 0 Å². The van der Waals surface area contributed by atoms with Crippen molar-refractivity contribution in [1.29, 1.82) is 0 Å². The molecule has 3 aromatic rings. The van der Waals surface area contributed by atoms with E-state index in [0.717, 1.165) is 32.3 Å². The number of carbonyl (C=O) groups excluding carboxylic acids is 1. The highest BCUT2D eigenvalue weighted by molar-refractivity contribution is 8.01. The topological polar surface area (TPSA) is 76.6 Å². The average molecular weight is 563 g/mol. The van der Waals surface area contributed by atoms with Crippen molar-refractivity contribution in [2.24, 2.45) is 5.92 Å². The SMILES string of the molecule is CCCCCCCCSc1nc2ccc(S(=O)(=O)N(Cc3ccccc3)[C@@H](C(=O)OC)C(C)C)cc2s1. The molecule has 9 heteroatoms. The summed E-state index contributed by atoms with van der Waals surface area (Å²) >= 11 is 3.25. The Bertz CT molecular complexity index is 1240. The van der Waals surface area contributed by atoms with Gasteiger partial charge in [0.15, 0.2) is 4.34 Å². The lowest BCUT2D eigenvalue weighted by Gasteiger charge is -2.31. The van der Waals surface area contributed by atoms with Crippen LogP contribution in [0.3, 0.4) is 0 Å². The Morgan fingerprint density at radius 1 is 1.05 bits per heavy atom. The van der Waals surface area contributed by atoms with E-state index < -0.39 is 22.0 Å². The molecule has 0 spiro atoms. The highest BCUT2D eigenvalue weighted by Crippen LogP contribution is 2.33. The first kappa shape index (κ1) is 29.6. The number of benzene rings is 2. The Balaban J connectivity index is 1.84. The quantitative estimate of drug-likeness (QED) is 0.111. The molecule has 0 N–H and O–H groups in total. The van der Waals surface area contributed by atoms with Gasteiger partial charge in [0.2, 0.25) is 10.0 Å². The van der Waals surface area contributed by atoms with E-state index in [1.54, 1.807) is 30.0 Å². The summed E-state index contributed by atoms with van der Waals surface area (Å²) in [6.45, 7) is 5.95. The van der Waals surface area contributed by atoms with Crippen LogP contribution in [0.15, 0.2) is 57.8 Å². The second-order valence-corrected chi connectivity index (χ2v) is 13.7. The maximum Gasteiger partial charge on any atom is 0.324 e. The van der Waals surface area contributed by atoms with Crippen molar-refractivity contribution in [3.63, 3.8) is 0 Å². The Morgan fingerprint density at radius 2 is 1.76 bits per heavy atom. The van der Waals surface area contributed by atoms with Gasteiger partial charge in [-0.1, -0.05) is 95.0 Å².